The third-order valence-corrected chi connectivity index (χ3v) is 6.36. The SMILES string of the molecule is CC(CC(=O)CCOC(=O)C[SH]1C=NCC1)c1ccccc1Br. The maximum Gasteiger partial charge on any atom is 0.314 e. The molecule has 2 atom stereocenters. The molecule has 0 amide bonds. The van der Waals surface area contributed by atoms with Crippen LogP contribution in [0.3, 0.4) is 0 Å². The van der Waals surface area contributed by atoms with Gasteiger partial charge >= 0.3 is 5.97 Å². The van der Waals surface area contributed by atoms with Crippen molar-refractivity contribution in [1.29, 1.82) is 0 Å². The number of ketones is 1. The van der Waals surface area contributed by atoms with Crippen molar-refractivity contribution in [2.75, 3.05) is 24.7 Å². The van der Waals surface area contributed by atoms with Crippen molar-refractivity contribution in [3.63, 3.8) is 0 Å². The average Bonchev–Trinajstić information content (AvgIpc) is 3.00. The molecule has 0 saturated carbocycles. The van der Waals surface area contributed by atoms with Gasteiger partial charge < -0.3 is 4.74 Å². The Labute approximate surface area is 148 Å². The molecule has 1 aromatic rings. The number of hydrogen-bond donors (Lipinski definition) is 1. The van der Waals surface area contributed by atoms with Crippen LogP contribution >= 0.6 is 26.8 Å². The van der Waals surface area contributed by atoms with E-state index in [1.54, 1.807) is 0 Å². The number of carbonyl (C=O) groups excluding carboxylic acids is 2. The van der Waals surface area contributed by atoms with E-state index in [2.05, 4.69) is 20.9 Å². The summed E-state index contributed by atoms with van der Waals surface area (Å²) in [5.74, 6) is 1.46. The van der Waals surface area contributed by atoms with Crippen LogP contribution in [0.1, 0.15) is 31.2 Å². The molecular formula is C17H22BrNO3S. The Kier molecular flexibility index (Phi) is 7.30. The summed E-state index contributed by atoms with van der Waals surface area (Å²) in [4.78, 5) is 27.9. The Morgan fingerprint density at radius 2 is 2.17 bits per heavy atom. The normalized spacial score (nSPS) is 19.5. The minimum absolute atomic E-state index is 0.120. The fourth-order valence-electron chi connectivity index (χ4n) is 2.46. The van der Waals surface area contributed by atoms with Crippen LogP contribution in [0.2, 0.25) is 0 Å². The van der Waals surface area contributed by atoms with Crippen molar-refractivity contribution >= 4 is 44.1 Å². The van der Waals surface area contributed by atoms with E-state index >= 15 is 0 Å². The Hall–Kier alpha value is -1.14. The standard InChI is InChI=1S/C17H22BrNO3S/c1-13(15-4-2-3-5-16(15)18)10-14(20)6-8-22-17(21)11-23-9-7-19-12-23/h2-5,12-13,23H,6-11H2,1H3. The van der Waals surface area contributed by atoms with Crippen LogP contribution in [0.25, 0.3) is 0 Å². The quantitative estimate of drug-likeness (QED) is 0.537. The number of carbonyl (C=O) groups is 2. The molecule has 0 aromatic heterocycles. The monoisotopic (exact) mass is 399 g/mol. The Bertz CT molecular complexity index is 591. The van der Waals surface area contributed by atoms with E-state index in [9.17, 15) is 9.59 Å². The van der Waals surface area contributed by atoms with Crippen LogP contribution in [0.15, 0.2) is 33.7 Å². The first-order valence-corrected chi connectivity index (χ1v) is 10.3. The van der Waals surface area contributed by atoms with Crippen LogP contribution in [0, 0.1) is 0 Å². The number of aliphatic imine (C=N–C) groups is 1. The molecule has 0 fully saturated rings. The van der Waals surface area contributed by atoms with Crippen molar-refractivity contribution in [2.45, 2.75) is 25.7 Å². The Morgan fingerprint density at radius 3 is 2.87 bits per heavy atom. The first-order valence-electron chi connectivity index (χ1n) is 7.72. The minimum Gasteiger partial charge on any atom is -0.465 e. The van der Waals surface area contributed by atoms with Gasteiger partial charge in [0.25, 0.3) is 0 Å². The summed E-state index contributed by atoms with van der Waals surface area (Å²) in [5, 5.41) is 0. The lowest BCUT2D eigenvalue weighted by molar-refractivity contribution is -0.141. The fraction of sp³-hybridized carbons (Fsp3) is 0.471. The van der Waals surface area contributed by atoms with E-state index < -0.39 is 10.9 Å². The summed E-state index contributed by atoms with van der Waals surface area (Å²) < 4.78 is 6.19. The lowest BCUT2D eigenvalue weighted by atomic mass is 9.95. The molecule has 1 heterocycles. The van der Waals surface area contributed by atoms with Crippen molar-refractivity contribution in [1.82, 2.24) is 0 Å². The topological polar surface area (TPSA) is 55.7 Å². The lowest BCUT2D eigenvalue weighted by Gasteiger charge is -2.13. The van der Waals surface area contributed by atoms with E-state index in [4.69, 9.17) is 4.74 Å². The molecule has 0 radical (unpaired) electrons. The third-order valence-electron chi connectivity index (χ3n) is 3.71. The van der Waals surface area contributed by atoms with Gasteiger partial charge in [-0.15, -0.1) is 0 Å². The first-order chi connectivity index (χ1) is 11.1. The molecule has 0 N–H and O–H groups in total. The molecular weight excluding hydrogens is 378 g/mol. The maximum atomic E-state index is 12.0. The van der Waals surface area contributed by atoms with Gasteiger partial charge in [0.15, 0.2) is 0 Å². The first kappa shape index (κ1) is 18.2. The highest BCUT2D eigenvalue weighted by Crippen LogP contribution is 2.27. The number of rotatable bonds is 8. The third kappa shape index (κ3) is 6.11. The number of nitrogens with zero attached hydrogens (tertiary/aromatic N) is 1. The summed E-state index contributed by atoms with van der Waals surface area (Å²) in [6.07, 6.45) is 0.742. The highest BCUT2D eigenvalue weighted by atomic mass is 79.9. The summed E-state index contributed by atoms with van der Waals surface area (Å²) in [7, 11) is -0.421. The fourth-order valence-corrected chi connectivity index (χ4v) is 4.63. The van der Waals surface area contributed by atoms with Crippen LogP contribution in [-0.2, 0) is 14.3 Å². The predicted molar refractivity (Wildman–Crippen MR) is 99.8 cm³/mol. The Morgan fingerprint density at radius 1 is 1.39 bits per heavy atom. The molecule has 0 saturated heterocycles. The van der Waals surface area contributed by atoms with Crippen molar-refractivity contribution in [2.24, 2.45) is 4.99 Å². The minimum atomic E-state index is -0.421. The van der Waals surface area contributed by atoms with Gasteiger partial charge in [-0.3, -0.25) is 14.6 Å². The van der Waals surface area contributed by atoms with Crippen molar-refractivity contribution in [3.05, 3.63) is 34.3 Å². The predicted octanol–water partition coefficient (Wildman–Crippen LogP) is 3.49. The molecule has 23 heavy (non-hydrogen) atoms. The van der Waals surface area contributed by atoms with Gasteiger partial charge in [-0.1, -0.05) is 41.1 Å². The second kappa shape index (κ2) is 9.23. The van der Waals surface area contributed by atoms with Gasteiger partial charge in [0.1, 0.15) is 5.78 Å². The van der Waals surface area contributed by atoms with Crippen LogP contribution in [0.5, 0.6) is 0 Å². The van der Waals surface area contributed by atoms with E-state index in [0.29, 0.717) is 12.2 Å². The van der Waals surface area contributed by atoms with Gasteiger partial charge in [0, 0.05) is 29.4 Å². The van der Waals surface area contributed by atoms with Crippen LogP contribution in [0.4, 0.5) is 0 Å². The summed E-state index contributed by atoms with van der Waals surface area (Å²) in [6.45, 7) is 3.04. The number of esters is 1. The van der Waals surface area contributed by atoms with E-state index in [1.165, 1.54) is 0 Å². The zero-order valence-corrected chi connectivity index (χ0v) is 15.7. The molecule has 0 aliphatic carbocycles. The number of ether oxygens (including phenoxy) is 1. The summed E-state index contributed by atoms with van der Waals surface area (Å²) >= 11 is 3.51. The van der Waals surface area contributed by atoms with Gasteiger partial charge in [-0.05, 0) is 23.3 Å². The van der Waals surface area contributed by atoms with Gasteiger partial charge in [0.2, 0.25) is 0 Å². The van der Waals surface area contributed by atoms with Gasteiger partial charge in [0.05, 0.1) is 12.4 Å². The molecule has 0 bridgehead atoms. The number of halogens is 1. The van der Waals surface area contributed by atoms with Gasteiger partial charge in [-0.25, -0.2) is 10.9 Å². The molecule has 6 heteroatoms. The second-order valence-electron chi connectivity index (χ2n) is 5.63. The molecule has 1 aromatic carbocycles. The van der Waals surface area contributed by atoms with E-state index in [1.807, 2.05) is 36.7 Å². The number of benzene rings is 1. The zero-order chi connectivity index (χ0) is 16.7. The highest BCUT2D eigenvalue weighted by molar-refractivity contribution is 9.10. The number of hydrogen-bond acceptors (Lipinski definition) is 4. The molecule has 126 valence electrons. The molecule has 0 spiro atoms. The number of Topliss-reactive ketones (excluding diaryl/α,β-unsaturated/α-hetero) is 1. The average molecular weight is 400 g/mol. The van der Waals surface area contributed by atoms with E-state index in [-0.39, 0.29) is 30.7 Å². The smallest absolute Gasteiger partial charge is 0.314 e. The number of thiol groups is 1. The molecule has 1 aliphatic rings. The summed E-state index contributed by atoms with van der Waals surface area (Å²) in [5.41, 5.74) is 3.02. The summed E-state index contributed by atoms with van der Waals surface area (Å²) in [6, 6.07) is 7.93. The maximum absolute atomic E-state index is 12.0. The highest BCUT2D eigenvalue weighted by Gasteiger charge is 2.15. The van der Waals surface area contributed by atoms with Crippen LogP contribution < -0.4 is 0 Å². The zero-order valence-electron chi connectivity index (χ0n) is 13.2. The van der Waals surface area contributed by atoms with Gasteiger partial charge in [-0.2, -0.15) is 0 Å². The molecule has 1 aliphatic heterocycles. The van der Waals surface area contributed by atoms with Crippen molar-refractivity contribution in [3.8, 4) is 0 Å². The van der Waals surface area contributed by atoms with Crippen LogP contribution in [-0.4, -0.2) is 42.0 Å². The van der Waals surface area contributed by atoms with E-state index in [0.717, 1.165) is 22.3 Å². The lowest BCUT2D eigenvalue weighted by Crippen LogP contribution is -2.14. The largest absolute Gasteiger partial charge is 0.465 e. The molecule has 2 rings (SSSR count). The second-order valence-corrected chi connectivity index (χ2v) is 8.65. The molecule has 2 unspecified atom stereocenters. The molecule has 4 nitrogen and oxygen atoms in total. The Balaban J connectivity index is 1.67. The van der Waals surface area contributed by atoms with Crippen molar-refractivity contribution < 1.29 is 14.3 Å².